The molecular formula is C18H30N2O. The Bertz CT molecular complexity index is 418. The predicted molar refractivity (Wildman–Crippen MR) is 88.7 cm³/mol. The molecule has 3 nitrogen and oxygen atoms in total. The third kappa shape index (κ3) is 4.45. The summed E-state index contributed by atoms with van der Waals surface area (Å²) in [7, 11) is 3.98. The maximum absolute atomic E-state index is 5.23. The van der Waals surface area contributed by atoms with E-state index in [9.17, 15) is 0 Å². The molecule has 0 saturated heterocycles. The van der Waals surface area contributed by atoms with Crippen LogP contribution >= 0.6 is 0 Å². The average Bonchev–Trinajstić information content (AvgIpc) is 2.50. The first-order valence-electron chi connectivity index (χ1n) is 8.20. The van der Waals surface area contributed by atoms with Gasteiger partial charge >= 0.3 is 0 Å². The number of rotatable bonds is 6. The zero-order valence-corrected chi connectivity index (χ0v) is 13.9. The standard InChI is InChI=1S/C18H30N2O/c1-5-19-17-11-6-14(2)12-18(17)20(3)13-15-7-9-16(21-4)10-8-15/h7-10,14,17-19H,5-6,11-13H2,1-4H3. The zero-order valence-electron chi connectivity index (χ0n) is 13.9. The van der Waals surface area contributed by atoms with Crippen LogP contribution in [-0.2, 0) is 6.54 Å². The van der Waals surface area contributed by atoms with Crippen LogP contribution in [0.25, 0.3) is 0 Å². The minimum Gasteiger partial charge on any atom is -0.497 e. The van der Waals surface area contributed by atoms with Gasteiger partial charge in [0.25, 0.3) is 0 Å². The van der Waals surface area contributed by atoms with Gasteiger partial charge in [0.2, 0.25) is 0 Å². The molecule has 0 amide bonds. The first-order valence-corrected chi connectivity index (χ1v) is 8.20. The van der Waals surface area contributed by atoms with Gasteiger partial charge in [0.1, 0.15) is 5.75 Å². The number of hydrogen-bond donors (Lipinski definition) is 1. The summed E-state index contributed by atoms with van der Waals surface area (Å²) in [6, 6.07) is 9.71. The van der Waals surface area contributed by atoms with Crippen LogP contribution in [-0.4, -0.2) is 37.7 Å². The van der Waals surface area contributed by atoms with Gasteiger partial charge in [0.05, 0.1) is 7.11 Å². The van der Waals surface area contributed by atoms with Crippen LogP contribution in [0, 0.1) is 5.92 Å². The highest BCUT2D eigenvalue weighted by Gasteiger charge is 2.30. The first-order chi connectivity index (χ1) is 10.1. The highest BCUT2D eigenvalue weighted by molar-refractivity contribution is 5.27. The van der Waals surface area contributed by atoms with E-state index in [4.69, 9.17) is 4.74 Å². The number of hydrogen-bond acceptors (Lipinski definition) is 3. The molecule has 118 valence electrons. The van der Waals surface area contributed by atoms with Crippen LogP contribution in [0.4, 0.5) is 0 Å². The molecule has 1 aromatic rings. The quantitative estimate of drug-likeness (QED) is 0.870. The van der Waals surface area contributed by atoms with Crippen molar-refractivity contribution in [3.05, 3.63) is 29.8 Å². The lowest BCUT2D eigenvalue weighted by molar-refractivity contribution is 0.120. The number of nitrogens with one attached hydrogen (secondary N) is 1. The minimum atomic E-state index is 0.634. The number of likely N-dealkylation sites (N-methyl/N-ethyl adjacent to an activating group) is 2. The molecular weight excluding hydrogens is 260 g/mol. The highest BCUT2D eigenvalue weighted by Crippen LogP contribution is 2.28. The van der Waals surface area contributed by atoms with Crippen molar-refractivity contribution in [3.8, 4) is 5.75 Å². The number of ether oxygens (including phenoxy) is 1. The zero-order chi connectivity index (χ0) is 15.2. The van der Waals surface area contributed by atoms with Crippen molar-refractivity contribution in [1.82, 2.24) is 10.2 Å². The van der Waals surface area contributed by atoms with E-state index in [-0.39, 0.29) is 0 Å². The SMILES string of the molecule is CCNC1CCC(C)CC1N(C)Cc1ccc(OC)cc1. The Morgan fingerprint density at radius 3 is 2.57 bits per heavy atom. The lowest BCUT2D eigenvalue weighted by Crippen LogP contribution is -2.51. The first kappa shape index (κ1) is 16.3. The van der Waals surface area contributed by atoms with Crippen molar-refractivity contribution in [2.45, 2.75) is 51.7 Å². The van der Waals surface area contributed by atoms with Crippen LogP contribution in [0.1, 0.15) is 38.7 Å². The monoisotopic (exact) mass is 290 g/mol. The van der Waals surface area contributed by atoms with Gasteiger partial charge in [-0.05, 0) is 56.5 Å². The second-order valence-corrected chi connectivity index (χ2v) is 6.41. The maximum atomic E-state index is 5.23. The molecule has 0 radical (unpaired) electrons. The fraction of sp³-hybridized carbons (Fsp3) is 0.667. The highest BCUT2D eigenvalue weighted by atomic mass is 16.5. The third-order valence-electron chi connectivity index (χ3n) is 4.70. The van der Waals surface area contributed by atoms with Crippen molar-refractivity contribution >= 4 is 0 Å². The summed E-state index contributed by atoms with van der Waals surface area (Å²) in [6.45, 7) is 6.66. The van der Waals surface area contributed by atoms with E-state index in [1.54, 1.807) is 7.11 Å². The van der Waals surface area contributed by atoms with E-state index in [2.05, 4.69) is 55.4 Å². The molecule has 0 aliphatic heterocycles. The summed E-state index contributed by atoms with van der Waals surface area (Å²) < 4.78 is 5.23. The van der Waals surface area contributed by atoms with E-state index in [0.717, 1.165) is 24.8 Å². The molecule has 3 unspecified atom stereocenters. The van der Waals surface area contributed by atoms with E-state index in [0.29, 0.717) is 12.1 Å². The Labute approximate surface area is 129 Å². The maximum Gasteiger partial charge on any atom is 0.118 e. The van der Waals surface area contributed by atoms with Crippen LogP contribution < -0.4 is 10.1 Å². The molecule has 0 heterocycles. The lowest BCUT2D eigenvalue weighted by atomic mass is 9.82. The van der Waals surface area contributed by atoms with E-state index < -0.39 is 0 Å². The van der Waals surface area contributed by atoms with Crippen molar-refractivity contribution in [2.75, 3.05) is 20.7 Å². The minimum absolute atomic E-state index is 0.634. The second-order valence-electron chi connectivity index (χ2n) is 6.41. The second kappa shape index (κ2) is 7.81. The number of nitrogens with zero attached hydrogens (tertiary/aromatic N) is 1. The van der Waals surface area contributed by atoms with Gasteiger partial charge in [0.15, 0.2) is 0 Å². The number of methoxy groups -OCH3 is 1. The van der Waals surface area contributed by atoms with Crippen LogP contribution in [0.15, 0.2) is 24.3 Å². The van der Waals surface area contributed by atoms with Crippen LogP contribution in [0.5, 0.6) is 5.75 Å². The molecule has 2 rings (SSSR count). The molecule has 0 aromatic heterocycles. The molecule has 1 aliphatic carbocycles. The topological polar surface area (TPSA) is 24.5 Å². The fourth-order valence-electron chi connectivity index (χ4n) is 3.47. The molecule has 21 heavy (non-hydrogen) atoms. The van der Waals surface area contributed by atoms with Crippen molar-refractivity contribution in [3.63, 3.8) is 0 Å². The normalized spacial score (nSPS) is 26.0. The van der Waals surface area contributed by atoms with E-state index in [1.165, 1.54) is 24.8 Å². The van der Waals surface area contributed by atoms with Crippen molar-refractivity contribution < 1.29 is 4.74 Å². The smallest absolute Gasteiger partial charge is 0.118 e. The van der Waals surface area contributed by atoms with Gasteiger partial charge in [0, 0.05) is 18.6 Å². The number of benzene rings is 1. The molecule has 3 heteroatoms. The van der Waals surface area contributed by atoms with Gasteiger partial charge in [-0.25, -0.2) is 0 Å². The average molecular weight is 290 g/mol. The van der Waals surface area contributed by atoms with Gasteiger partial charge in [-0.1, -0.05) is 26.0 Å². The Morgan fingerprint density at radius 1 is 1.24 bits per heavy atom. The van der Waals surface area contributed by atoms with Gasteiger partial charge < -0.3 is 10.1 Å². The summed E-state index contributed by atoms with van der Waals surface area (Å²) in [5.41, 5.74) is 1.35. The summed E-state index contributed by atoms with van der Waals surface area (Å²) in [5.74, 6) is 1.77. The molecule has 1 aromatic carbocycles. The predicted octanol–water partition coefficient (Wildman–Crippen LogP) is 3.29. The Hall–Kier alpha value is -1.06. The van der Waals surface area contributed by atoms with E-state index in [1.807, 2.05) is 0 Å². The van der Waals surface area contributed by atoms with Gasteiger partial charge in [-0.3, -0.25) is 4.90 Å². The van der Waals surface area contributed by atoms with Crippen LogP contribution in [0.2, 0.25) is 0 Å². The molecule has 3 atom stereocenters. The Balaban J connectivity index is 1.99. The van der Waals surface area contributed by atoms with Crippen molar-refractivity contribution in [2.24, 2.45) is 5.92 Å². The van der Waals surface area contributed by atoms with Gasteiger partial charge in [-0.15, -0.1) is 0 Å². The third-order valence-corrected chi connectivity index (χ3v) is 4.70. The molecule has 0 bridgehead atoms. The Kier molecular flexibility index (Phi) is 6.07. The summed E-state index contributed by atoms with van der Waals surface area (Å²) >= 11 is 0. The molecule has 1 fully saturated rings. The van der Waals surface area contributed by atoms with E-state index >= 15 is 0 Å². The summed E-state index contributed by atoms with van der Waals surface area (Å²) in [5, 5.41) is 3.68. The van der Waals surface area contributed by atoms with Crippen LogP contribution in [0.3, 0.4) is 0 Å². The Morgan fingerprint density at radius 2 is 1.95 bits per heavy atom. The van der Waals surface area contributed by atoms with Gasteiger partial charge in [-0.2, -0.15) is 0 Å². The molecule has 0 spiro atoms. The summed E-state index contributed by atoms with van der Waals surface area (Å²) in [6.07, 6.45) is 3.95. The molecule has 1 saturated carbocycles. The van der Waals surface area contributed by atoms with Crippen molar-refractivity contribution in [1.29, 1.82) is 0 Å². The fourth-order valence-corrected chi connectivity index (χ4v) is 3.47. The summed E-state index contributed by atoms with van der Waals surface area (Å²) in [4.78, 5) is 2.52. The lowest BCUT2D eigenvalue weighted by Gasteiger charge is -2.41. The largest absolute Gasteiger partial charge is 0.497 e. The molecule has 1 aliphatic rings. The molecule has 1 N–H and O–H groups in total.